The molecule has 0 aromatic carbocycles. The monoisotopic (exact) mass is 457 g/mol. The van der Waals surface area contributed by atoms with Crippen LogP contribution in [-0.4, -0.2) is 57.7 Å². The summed E-state index contributed by atoms with van der Waals surface area (Å²) in [5.41, 5.74) is 2.15. The SMILES string of the molecule is CC(=O)Nc1cc(-c2nc(N3CCN[C@H](C(F)(F)F)C3)c3c(C4CC4)cncc3n2)ccn1. The standard InChI is InChI=1S/C22H22F3N7O/c1-12(33)29-18-8-14(4-5-28-18)20-30-16-10-26-9-15(13-2-3-13)19(16)21(31-20)32-7-6-27-17(11-32)22(23,24)25/h4-5,8-10,13,17,27H,2-3,6-7,11H2,1H3,(H,28,29,33)/t17-/m0/s1. The van der Waals surface area contributed by atoms with Crippen molar-refractivity contribution in [2.75, 3.05) is 29.9 Å². The summed E-state index contributed by atoms with van der Waals surface area (Å²) in [5, 5.41) is 5.94. The van der Waals surface area contributed by atoms with Gasteiger partial charge in [-0.25, -0.2) is 15.0 Å². The van der Waals surface area contributed by atoms with Crippen molar-refractivity contribution in [3.8, 4) is 11.4 Å². The smallest absolute Gasteiger partial charge is 0.353 e. The fraction of sp³-hybridized carbons (Fsp3) is 0.409. The van der Waals surface area contributed by atoms with Crippen molar-refractivity contribution < 1.29 is 18.0 Å². The molecular weight excluding hydrogens is 435 g/mol. The first kappa shape index (κ1) is 21.5. The first-order valence-electron chi connectivity index (χ1n) is 10.7. The lowest BCUT2D eigenvalue weighted by molar-refractivity contribution is -0.155. The van der Waals surface area contributed by atoms with Gasteiger partial charge in [0, 0.05) is 49.9 Å². The van der Waals surface area contributed by atoms with Crippen LogP contribution in [0.15, 0.2) is 30.7 Å². The topological polar surface area (TPSA) is 95.9 Å². The second kappa shape index (κ2) is 8.22. The molecule has 0 spiro atoms. The molecule has 0 radical (unpaired) electrons. The van der Waals surface area contributed by atoms with Gasteiger partial charge in [-0.1, -0.05) is 0 Å². The lowest BCUT2D eigenvalue weighted by Gasteiger charge is -2.36. The van der Waals surface area contributed by atoms with Crippen LogP contribution in [0.25, 0.3) is 22.3 Å². The van der Waals surface area contributed by atoms with Gasteiger partial charge in [-0.3, -0.25) is 9.78 Å². The van der Waals surface area contributed by atoms with Gasteiger partial charge in [0.15, 0.2) is 5.82 Å². The molecule has 1 saturated heterocycles. The van der Waals surface area contributed by atoms with Crippen LogP contribution >= 0.6 is 0 Å². The molecular formula is C22H22F3N7O. The molecule has 172 valence electrons. The maximum Gasteiger partial charge on any atom is 0.405 e. The van der Waals surface area contributed by atoms with E-state index >= 15 is 0 Å². The number of anilines is 2. The number of fused-ring (bicyclic) bond motifs is 1. The lowest BCUT2D eigenvalue weighted by Crippen LogP contribution is -2.57. The van der Waals surface area contributed by atoms with Crippen LogP contribution in [0.3, 0.4) is 0 Å². The first-order valence-corrected chi connectivity index (χ1v) is 10.7. The predicted molar refractivity (Wildman–Crippen MR) is 117 cm³/mol. The Kier molecular flexibility index (Phi) is 5.35. The first-order chi connectivity index (χ1) is 15.8. The summed E-state index contributed by atoms with van der Waals surface area (Å²) in [6.45, 7) is 1.72. The van der Waals surface area contributed by atoms with Crippen molar-refractivity contribution in [2.24, 2.45) is 0 Å². The minimum absolute atomic E-state index is 0.191. The van der Waals surface area contributed by atoms with Crippen molar-refractivity contribution in [3.63, 3.8) is 0 Å². The number of nitrogens with zero attached hydrogens (tertiary/aromatic N) is 5. The fourth-order valence-corrected chi connectivity index (χ4v) is 4.13. The van der Waals surface area contributed by atoms with Crippen LogP contribution < -0.4 is 15.5 Å². The highest BCUT2D eigenvalue weighted by Gasteiger charge is 2.42. The number of nitrogens with one attached hydrogen (secondary N) is 2. The summed E-state index contributed by atoms with van der Waals surface area (Å²) in [7, 11) is 0. The Bertz CT molecular complexity index is 1210. The van der Waals surface area contributed by atoms with E-state index in [9.17, 15) is 18.0 Å². The van der Waals surface area contributed by atoms with E-state index in [4.69, 9.17) is 4.98 Å². The van der Waals surface area contributed by atoms with Crippen molar-refractivity contribution >= 4 is 28.4 Å². The van der Waals surface area contributed by atoms with E-state index in [-0.39, 0.29) is 19.0 Å². The van der Waals surface area contributed by atoms with Gasteiger partial charge in [0.05, 0.1) is 11.7 Å². The van der Waals surface area contributed by atoms with Crippen LogP contribution in [0.2, 0.25) is 0 Å². The predicted octanol–water partition coefficient (Wildman–Crippen LogP) is 3.26. The zero-order valence-electron chi connectivity index (χ0n) is 17.9. The number of carbonyl (C=O) groups is 1. The molecule has 8 nitrogen and oxygen atoms in total. The Labute approximate surface area is 187 Å². The summed E-state index contributed by atoms with van der Waals surface area (Å²) >= 11 is 0. The molecule has 11 heteroatoms. The summed E-state index contributed by atoms with van der Waals surface area (Å²) in [5.74, 6) is 1.21. The third-order valence-electron chi connectivity index (χ3n) is 5.83. The summed E-state index contributed by atoms with van der Waals surface area (Å²) < 4.78 is 40.4. The van der Waals surface area contributed by atoms with E-state index in [1.54, 1.807) is 29.4 Å². The van der Waals surface area contributed by atoms with E-state index in [0.717, 1.165) is 23.8 Å². The molecule has 2 aliphatic rings. The molecule has 4 heterocycles. The van der Waals surface area contributed by atoms with Gasteiger partial charge in [-0.15, -0.1) is 0 Å². The molecule has 1 amide bonds. The number of piperazine rings is 1. The summed E-state index contributed by atoms with van der Waals surface area (Å²) in [6, 6.07) is 1.70. The van der Waals surface area contributed by atoms with E-state index in [2.05, 4.69) is 25.6 Å². The van der Waals surface area contributed by atoms with Gasteiger partial charge >= 0.3 is 6.18 Å². The van der Waals surface area contributed by atoms with Crippen LogP contribution in [0.5, 0.6) is 0 Å². The quantitative estimate of drug-likeness (QED) is 0.621. The summed E-state index contributed by atoms with van der Waals surface area (Å²) in [6.07, 6.45) is 2.59. The molecule has 0 unspecified atom stereocenters. The van der Waals surface area contributed by atoms with Crippen molar-refractivity contribution in [2.45, 2.75) is 37.9 Å². The molecule has 2 fully saturated rings. The van der Waals surface area contributed by atoms with Gasteiger partial charge in [-0.05, 0) is 36.5 Å². The highest BCUT2D eigenvalue weighted by atomic mass is 19.4. The number of alkyl halides is 3. The molecule has 3 aromatic rings. The van der Waals surface area contributed by atoms with Gasteiger partial charge in [0.25, 0.3) is 0 Å². The third-order valence-corrected chi connectivity index (χ3v) is 5.83. The Morgan fingerprint density at radius 1 is 1.24 bits per heavy atom. The van der Waals surface area contributed by atoms with Gasteiger partial charge < -0.3 is 15.5 Å². The second-order valence-electron chi connectivity index (χ2n) is 8.37. The summed E-state index contributed by atoms with van der Waals surface area (Å²) in [4.78, 5) is 31.0. The second-order valence-corrected chi connectivity index (χ2v) is 8.37. The van der Waals surface area contributed by atoms with Crippen molar-refractivity contribution in [1.29, 1.82) is 0 Å². The van der Waals surface area contributed by atoms with Gasteiger partial charge in [0.2, 0.25) is 5.91 Å². The number of hydrogen-bond donors (Lipinski definition) is 2. The molecule has 2 N–H and O–H groups in total. The van der Waals surface area contributed by atoms with E-state index in [1.807, 2.05) is 0 Å². The minimum atomic E-state index is -4.36. The average molecular weight is 457 g/mol. The lowest BCUT2D eigenvalue weighted by atomic mass is 10.1. The molecule has 1 aliphatic carbocycles. The van der Waals surface area contributed by atoms with Crippen LogP contribution in [-0.2, 0) is 4.79 Å². The van der Waals surface area contributed by atoms with Crippen molar-refractivity contribution in [3.05, 3.63) is 36.3 Å². The van der Waals surface area contributed by atoms with E-state index in [1.165, 1.54) is 13.1 Å². The fourth-order valence-electron chi connectivity index (χ4n) is 4.13. The van der Waals surface area contributed by atoms with Gasteiger partial charge in [0.1, 0.15) is 17.7 Å². The zero-order valence-corrected chi connectivity index (χ0v) is 17.9. The minimum Gasteiger partial charge on any atom is -0.353 e. The number of hydrogen-bond acceptors (Lipinski definition) is 7. The Balaban J connectivity index is 1.64. The van der Waals surface area contributed by atoms with E-state index < -0.39 is 12.2 Å². The molecule has 33 heavy (non-hydrogen) atoms. The highest BCUT2D eigenvalue weighted by molar-refractivity contribution is 5.94. The van der Waals surface area contributed by atoms with E-state index in [0.29, 0.717) is 41.0 Å². The molecule has 1 atom stereocenters. The van der Waals surface area contributed by atoms with Crippen LogP contribution in [0.4, 0.5) is 24.8 Å². The Morgan fingerprint density at radius 2 is 2.06 bits per heavy atom. The van der Waals surface area contributed by atoms with Crippen molar-refractivity contribution in [1.82, 2.24) is 25.3 Å². The third kappa shape index (κ3) is 4.45. The Morgan fingerprint density at radius 3 is 2.79 bits per heavy atom. The average Bonchev–Trinajstić information content (AvgIpc) is 3.62. The number of amides is 1. The maximum atomic E-state index is 13.5. The van der Waals surface area contributed by atoms with Crippen LogP contribution in [0, 0.1) is 0 Å². The number of carbonyl (C=O) groups excluding carboxylic acids is 1. The number of rotatable bonds is 4. The van der Waals surface area contributed by atoms with Crippen LogP contribution in [0.1, 0.15) is 31.2 Å². The zero-order chi connectivity index (χ0) is 23.2. The Hall–Kier alpha value is -3.34. The number of halogens is 3. The largest absolute Gasteiger partial charge is 0.405 e. The number of aromatic nitrogens is 4. The number of pyridine rings is 2. The maximum absolute atomic E-state index is 13.5. The van der Waals surface area contributed by atoms with Gasteiger partial charge in [-0.2, -0.15) is 13.2 Å². The molecule has 1 aliphatic heterocycles. The molecule has 5 rings (SSSR count). The normalized spacial score (nSPS) is 19.0. The molecule has 1 saturated carbocycles. The highest BCUT2D eigenvalue weighted by Crippen LogP contribution is 2.45. The molecule has 3 aromatic heterocycles. The molecule has 0 bridgehead atoms.